The number of halogens is 4. The molecule has 1 amide bonds. The van der Waals surface area contributed by atoms with E-state index in [1.54, 1.807) is 0 Å². The van der Waals surface area contributed by atoms with Gasteiger partial charge >= 0.3 is 12.3 Å². The maximum absolute atomic E-state index is 12.7. The summed E-state index contributed by atoms with van der Waals surface area (Å²) in [5.41, 5.74) is 0.0606. The van der Waals surface area contributed by atoms with Gasteiger partial charge in [-0.25, -0.2) is 4.79 Å². The Hall–Kier alpha value is -1.47. The highest BCUT2D eigenvalue weighted by Gasteiger charge is 2.36. The van der Waals surface area contributed by atoms with Gasteiger partial charge in [-0.1, -0.05) is 12.1 Å². The Kier molecular flexibility index (Phi) is 5.65. The number of piperazine rings is 1. The second kappa shape index (κ2) is 7.19. The molecule has 1 heterocycles. The van der Waals surface area contributed by atoms with Crippen LogP contribution in [-0.4, -0.2) is 52.1 Å². The first-order valence-electron chi connectivity index (χ1n) is 7.63. The van der Waals surface area contributed by atoms with Crippen LogP contribution in [0.5, 0.6) is 0 Å². The molecular weight excluding hydrogens is 345 g/mol. The number of nitrogens with zero attached hydrogens (tertiary/aromatic N) is 2. The molecule has 0 aliphatic carbocycles. The zero-order valence-corrected chi connectivity index (χ0v) is 14.2. The Morgan fingerprint density at radius 2 is 1.92 bits per heavy atom. The lowest BCUT2D eigenvalue weighted by atomic mass is 10.00. The molecular formula is C16H20ClF3N2O2. The van der Waals surface area contributed by atoms with E-state index in [1.165, 1.54) is 17.0 Å². The highest BCUT2D eigenvalue weighted by atomic mass is 35.5. The van der Waals surface area contributed by atoms with Gasteiger partial charge in [-0.05, 0) is 31.5 Å². The third-order valence-electron chi connectivity index (χ3n) is 4.53. The maximum atomic E-state index is 12.7. The number of hydrogen-bond acceptors (Lipinski definition) is 2. The van der Waals surface area contributed by atoms with Crippen LogP contribution in [0.3, 0.4) is 0 Å². The standard InChI is InChI=1S/C16H20ClF3N2O2/c1-10-8-22(14(7-17)9-21(10)15(23)24)11(2)12-3-5-13(6-4-12)16(18,19)20/h3-6,10-11,14H,7-9H2,1-2H3,(H,23,24). The molecule has 3 atom stereocenters. The zero-order valence-electron chi connectivity index (χ0n) is 13.4. The van der Waals surface area contributed by atoms with Crippen molar-refractivity contribution in [3.8, 4) is 0 Å². The second-order valence-corrected chi connectivity index (χ2v) is 6.39. The minimum atomic E-state index is -4.36. The van der Waals surface area contributed by atoms with Crippen LogP contribution in [0.1, 0.15) is 31.0 Å². The molecule has 1 aromatic carbocycles. The number of rotatable bonds is 3. The molecule has 1 N–H and O–H groups in total. The zero-order chi connectivity index (χ0) is 18.1. The van der Waals surface area contributed by atoms with Gasteiger partial charge in [0.25, 0.3) is 0 Å². The lowest BCUT2D eigenvalue weighted by Gasteiger charge is -2.46. The fourth-order valence-corrected chi connectivity index (χ4v) is 3.36. The fourth-order valence-electron chi connectivity index (χ4n) is 3.09. The SMILES string of the molecule is CC1CN(C(C)c2ccc(C(F)(F)F)cc2)C(CCl)CN1C(=O)O. The number of benzene rings is 1. The van der Waals surface area contributed by atoms with Crippen molar-refractivity contribution in [3.05, 3.63) is 35.4 Å². The maximum Gasteiger partial charge on any atom is 0.416 e. The molecule has 2 rings (SSSR count). The Morgan fingerprint density at radius 1 is 1.33 bits per heavy atom. The van der Waals surface area contributed by atoms with Crippen LogP contribution >= 0.6 is 11.6 Å². The Balaban J connectivity index is 2.18. The van der Waals surface area contributed by atoms with E-state index in [1.807, 2.05) is 13.8 Å². The third kappa shape index (κ3) is 3.95. The summed E-state index contributed by atoms with van der Waals surface area (Å²) >= 11 is 6.00. The lowest BCUT2D eigenvalue weighted by Crippen LogP contribution is -2.59. The van der Waals surface area contributed by atoms with Gasteiger partial charge in [-0.15, -0.1) is 11.6 Å². The summed E-state index contributed by atoms with van der Waals surface area (Å²) in [5.74, 6) is 0.251. The van der Waals surface area contributed by atoms with Gasteiger partial charge in [-0.3, -0.25) is 4.90 Å². The third-order valence-corrected chi connectivity index (χ3v) is 4.88. The molecule has 0 saturated carbocycles. The molecule has 24 heavy (non-hydrogen) atoms. The molecule has 0 aromatic heterocycles. The summed E-state index contributed by atoms with van der Waals surface area (Å²) < 4.78 is 38.0. The first kappa shape index (κ1) is 18.9. The van der Waals surface area contributed by atoms with Gasteiger partial charge in [0.2, 0.25) is 0 Å². The first-order chi connectivity index (χ1) is 11.1. The molecule has 0 bridgehead atoms. The van der Waals surface area contributed by atoms with Crippen LogP contribution in [0, 0.1) is 0 Å². The molecule has 3 unspecified atom stereocenters. The molecule has 1 aromatic rings. The normalized spacial score (nSPS) is 24.0. The van der Waals surface area contributed by atoms with E-state index >= 15 is 0 Å². The predicted molar refractivity (Wildman–Crippen MR) is 85.3 cm³/mol. The van der Waals surface area contributed by atoms with Crippen molar-refractivity contribution in [2.75, 3.05) is 19.0 Å². The van der Waals surface area contributed by atoms with Crippen molar-refractivity contribution in [2.24, 2.45) is 0 Å². The van der Waals surface area contributed by atoms with Gasteiger partial charge in [0.15, 0.2) is 0 Å². The molecule has 0 radical (unpaired) electrons. The van der Waals surface area contributed by atoms with Crippen molar-refractivity contribution < 1.29 is 23.1 Å². The highest BCUT2D eigenvalue weighted by Crippen LogP contribution is 2.32. The Morgan fingerprint density at radius 3 is 2.38 bits per heavy atom. The van der Waals surface area contributed by atoms with Crippen molar-refractivity contribution in [1.29, 1.82) is 0 Å². The average molecular weight is 365 g/mol. The van der Waals surface area contributed by atoms with E-state index in [9.17, 15) is 23.1 Å². The van der Waals surface area contributed by atoms with Crippen LogP contribution in [0.15, 0.2) is 24.3 Å². The number of carboxylic acid groups (broad SMARTS) is 1. The number of hydrogen-bond donors (Lipinski definition) is 1. The molecule has 1 aliphatic rings. The molecule has 4 nitrogen and oxygen atoms in total. The van der Waals surface area contributed by atoms with Crippen LogP contribution in [0.2, 0.25) is 0 Å². The Bertz CT molecular complexity index is 580. The van der Waals surface area contributed by atoms with Gasteiger partial charge in [-0.2, -0.15) is 13.2 Å². The van der Waals surface area contributed by atoms with Crippen molar-refractivity contribution >= 4 is 17.7 Å². The average Bonchev–Trinajstić information content (AvgIpc) is 2.53. The van der Waals surface area contributed by atoms with Gasteiger partial charge in [0.05, 0.1) is 5.56 Å². The van der Waals surface area contributed by atoms with E-state index in [4.69, 9.17) is 11.6 Å². The van der Waals surface area contributed by atoms with E-state index in [-0.39, 0.29) is 30.6 Å². The molecule has 8 heteroatoms. The lowest BCUT2D eigenvalue weighted by molar-refractivity contribution is -0.137. The van der Waals surface area contributed by atoms with Crippen LogP contribution < -0.4 is 0 Å². The number of alkyl halides is 4. The smallest absolute Gasteiger partial charge is 0.416 e. The van der Waals surface area contributed by atoms with Gasteiger partial charge in [0.1, 0.15) is 0 Å². The summed E-state index contributed by atoms with van der Waals surface area (Å²) in [5, 5.41) is 9.23. The van der Waals surface area contributed by atoms with Crippen LogP contribution in [-0.2, 0) is 6.18 Å². The molecule has 1 fully saturated rings. The second-order valence-electron chi connectivity index (χ2n) is 6.08. The summed E-state index contributed by atoms with van der Waals surface area (Å²) in [6.45, 7) is 4.47. The van der Waals surface area contributed by atoms with E-state index in [0.717, 1.165) is 17.7 Å². The summed E-state index contributed by atoms with van der Waals surface area (Å²) in [6.07, 6.45) is -5.35. The summed E-state index contributed by atoms with van der Waals surface area (Å²) in [4.78, 5) is 14.7. The van der Waals surface area contributed by atoms with E-state index in [2.05, 4.69) is 4.90 Å². The Labute approximate surface area is 143 Å². The highest BCUT2D eigenvalue weighted by molar-refractivity contribution is 6.18. The van der Waals surface area contributed by atoms with E-state index < -0.39 is 17.8 Å². The quantitative estimate of drug-likeness (QED) is 0.823. The summed E-state index contributed by atoms with van der Waals surface area (Å²) in [6, 6.07) is 4.52. The van der Waals surface area contributed by atoms with Crippen LogP contribution in [0.25, 0.3) is 0 Å². The predicted octanol–water partition coefficient (Wildman–Crippen LogP) is 4.06. The van der Waals surface area contributed by atoms with Crippen molar-refractivity contribution in [2.45, 2.75) is 38.1 Å². The first-order valence-corrected chi connectivity index (χ1v) is 8.17. The van der Waals surface area contributed by atoms with Crippen molar-refractivity contribution in [3.63, 3.8) is 0 Å². The van der Waals surface area contributed by atoms with E-state index in [0.29, 0.717) is 6.54 Å². The number of carbonyl (C=O) groups is 1. The minimum absolute atomic E-state index is 0.158. The van der Waals surface area contributed by atoms with Gasteiger partial charge < -0.3 is 10.0 Å². The molecule has 1 saturated heterocycles. The number of amides is 1. The van der Waals surface area contributed by atoms with Gasteiger partial charge in [0, 0.05) is 37.1 Å². The van der Waals surface area contributed by atoms with Crippen molar-refractivity contribution in [1.82, 2.24) is 9.80 Å². The topological polar surface area (TPSA) is 43.8 Å². The van der Waals surface area contributed by atoms with Crippen LogP contribution in [0.4, 0.5) is 18.0 Å². The monoisotopic (exact) mass is 364 g/mol. The summed E-state index contributed by atoms with van der Waals surface area (Å²) in [7, 11) is 0. The minimum Gasteiger partial charge on any atom is -0.465 e. The molecule has 1 aliphatic heterocycles. The molecule has 0 spiro atoms. The molecule has 134 valence electrons. The fraction of sp³-hybridized carbons (Fsp3) is 0.562. The largest absolute Gasteiger partial charge is 0.465 e.